The van der Waals surface area contributed by atoms with Crippen LogP contribution in [0.4, 0.5) is 5.95 Å². The lowest BCUT2D eigenvalue weighted by atomic mass is 10.0. The lowest BCUT2D eigenvalue weighted by molar-refractivity contribution is 0.0613. The summed E-state index contributed by atoms with van der Waals surface area (Å²) in [6.45, 7) is 0.532. The molecule has 2 aromatic heterocycles. The second-order valence-electron chi connectivity index (χ2n) is 4.72. The van der Waals surface area contributed by atoms with Crippen LogP contribution in [0.2, 0.25) is 0 Å². The van der Waals surface area contributed by atoms with Crippen molar-refractivity contribution in [1.82, 2.24) is 14.6 Å². The Hall–Kier alpha value is -1.62. The molecule has 17 heavy (non-hydrogen) atoms. The van der Waals surface area contributed by atoms with Crippen molar-refractivity contribution in [2.24, 2.45) is 0 Å². The molecular formula is C12H16N4O. The van der Waals surface area contributed by atoms with E-state index in [0.29, 0.717) is 12.5 Å². The Labute approximate surface area is 99.5 Å². The van der Waals surface area contributed by atoms with Gasteiger partial charge in [0.25, 0.3) is 0 Å². The summed E-state index contributed by atoms with van der Waals surface area (Å²) < 4.78 is 1.72. The van der Waals surface area contributed by atoms with Crippen molar-refractivity contribution in [2.75, 3.05) is 11.9 Å². The predicted molar refractivity (Wildman–Crippen MR) is 64.9 cm³/mol. The summed E-state index contributed by atoms with van der Waals surface area (Å²) in [6, 6.07) is 5.75. The third-order valence-corrected chi connectivity index (χ3v) is 3.35. The first-order valence-electron chi connectivity index (χ1n) is 6.03. The molecule has 2 heterocycles. The van der Waals surface area contributed by atoms with Gasteiger partial charge in [-0.3, -0.25) is 0 Å². The SMILES string of the molecule is OC1(CNc2nc3ccccn3n2)CCCC1. The minimum atomic E-state index is -0.572. The Morgan fingerprint density at radius 2 is 2.18 bits per heavy atom. The molecule has 0 amide bonds. The minimum absolute atomic E-state index is 0.532. The van der Waals surface area contributed by atoms with Gasteiger partial charge in [-0.2, -0.15) is 4.98 Å². The van der Waals surface area contributed by atoms with E-state index in [9.17, 15) is 5.11 Å². The van der Waals surface area contributed by atoms with E-state index in [1.54, 1.807) is 4.52 Å². The largest absolute Gasteiger partial charge is 0.388 e. The first-order valence-corrected chi connectivity index (χ1v) is 6.03. The van der Waals surface area contributed by atoms with Gasteiger partial charge in [0.05, 0.1) is 5.60 Å². The zero-order chi connectivity index (χ0) is 11.7. The first kappa shape index (κ1) is 10.5. The van der Waals surface area contributed by atoms with Gasteiger partial charge in [-0.1, -0.05) is 18.9 Å². The zero-order valence-corrected chi connectivity index (χ0v) is 9.63. The maximum absolute atomic E-state index is 10.2. The molecule has 0 atom stereocenters. The maximum atomic E-state index is 10.2. The Kier molecular flexibility index (Phi) is 2.48. The molecular weight excluding hydrogens is 216 g/mol. The smallest absolute Gasteiger partial charge is 0.243 e. The topological polar surface area (TPSA) is 62.5 Å². The Morgan fingerprint density at radius 1 is 1.35 bits per heavy atom. The van der Waals surface area contributed by atoms with Crippen molar-refractivity contribution in [2.45, 2.75) is 31.3 Å². The molecule has 1 fully saturated rings. The second-order valence-corrected chi connectivity index (χ2v) is 4.72. The van der Waals surface area contributed by atoms with Gasteiger partial charge >= 0.3 is 0 Å². The molecule has 1 saturated carbocycles. The number of aliphatic hydroxyl groups is 1. The molecule has 2 N–H and O–H groups in total. The molecule has 5 nitrogen and oxygen atoms in total. The molecule has 3 rings (SSSR count). The van der Waals surface area contributed by atoms with Crippen LogP contribution in [0.1, 0.15) is 25.7 Å². The zero-order valence-electron chi connectivity index (χ0n) is 9.63. The molecule has 0 aliphatic heterocycles. The highest BCUT2D eigenvalue weighted by atomic mass is 16.3. The summed E-state index contributed by atoms with van der Waals surface area (Å²) in [4.78, 5) is 4.33. The quantitative estimate of drug-likeness (QED) is 0.840. The standard InChI is InChI=1S/C12H16N4O/c17-12(6-2-3-7-12)9-13-11-14-10-5-1-4-8-16(10)15-11/h1,4-5,8,17H,2-3,6-7,9H2,(H,13,15). The van der Waals surface area contributed by atoms with E-state index in [-0.39, 0.29) is 0 Å². The number of hydrogen-bond donors (Lipinski definition) is 2. The van der Waals surface area contributed by atoms with Gasteiger partial charge in [0, 0.05) is 12.7 Å². The van der Waals surface area contributed by atoms with Gasteiger partial charge in [0.1, 0.15) is 0 Å². The molecule has 0 spiro atoms. The maximum Gasteiger partial charge on any atom is 0.243 e. The molecule has 2 aromatic rings. The number of rotatable bonds is 3. The van der Waals surface area contributed by atoms with Crippen LogP contribution < -0.4 is 5.32 Å². The fourth-order valence-corrected chi connectivity index (χ4v) is 2.36. The van der Waals surface area contributed by atoms with Gasteiger partial charge in [-0.25, -0.2) is 4.52 Å². The van der Waals surface area contributed by atoms with Crippen LogP contribution >= 0.6 is 0 Å². The molecule has 0 unspecified atom stereocenters. The molecule has 1 aliphatic carbocycles. The monoisotopic (exact) mass is 232 g/mol. The van der Waals surface area contributed by atoms with Gasteiger partial charge in [-0.05, 0) is 25.0 Å². The van der Waals surface area contributed by atoms with E-state index in [0.717, 1.165) is 31.3 Å². The summed E-state index contributed by atoms with van der Waals surface area (Å²) in [7, 11) is 0. The van der Waals surface area contributed by atoms with Crippen molar-refractivity contribution in [3.8, 4) is 0 Å². The summed E-state index contributed by atoms with van der Waals surface area (Å²) in [5.41, 5.74) is 0.241. The van der Waals surface area contributed by atoms with E-state index in [2.05, 4.69) is 15.4 Å². The summed E-state index contributed by atoms with van der Waals surface area (Å²) in [5, 5.41) is 17.6. The Balaban J connectivity index is 1.72. The highest BCUT2D eigenvalue weighted by Crippen LogP contribution is 2.29. The lowest BCUT2D eigenvalue weighted by Gasteiger charge is -2.21. The first-order chi connectivity index (χ1) is 8.25. The van der Waals surface area contributed by atoms with Gasteiger partial charge in [0.2, 0.25) is 5.95 Å². The number of aromatic nitrogens is 3. The molecule has 0 saturated heterocycles. The molecule has 0 radical (unpaired) electrons. The normalized spacial score (nSPS) is 18.6. The van der Waals surface area contributed by atoms with Crippen molar-refractivity contribution in [3.05, 3.63) is 24.4 Å². The average Bonchev–Trinajstić information content (AvgIpc) is 2.93. The van der Waals surface area contributed by atoms with Gasteiger partial charge in [-0.15, -0.1) is 5.10 Å². The highest BCUT2D eigenvalue weighted by molar-refractivity contribution is 5.42. The third-order valence-electron chi connectivity index (χ3n) is 3.35. The van der Waals surface area contributed by atoms with Crippen LogP contribution in [0.3, 0.4) is 0 Å². The van der Waals surface area contributed by atoms with Crippen molar-refractivity contribution < 1.29 is 5.11 Å². The van der Waals surface area contributed by atoms with Crippen molar-refractivity contribution in [3.63, 3.8) is 0 Å². The van der Waals surface area contributed by atoms with Crippen LogP contribution in [0.5, 0.6) is 0 Å². The fraction of sp³-hybridized carbons (Fsp3) is 0.500. The van der Waals surface area contributed by atoms with E-state index in [4.69, 9.17) is 0 Å². The number of pyridine rings is 1. The fourth-order valence-electron chi connectivity index (χ4n) is 2.36. The van der Waals surface area contributed by atoms with E-state index in [1.807, 2.05) is 24.4 Å². The second kappa shape index (κ2) is 4.00. The van der Waals surface area contributed by atoms with Crippen molar-refractivity contribution in [1.29, 1.82) is 0 Å². The van der Waals surface area contributed by atoms with Crippen LogP contribution in [-0.4, -0.2) is 31.9 Å². The summed E-state index contributed by atoms with van der Waals surface area (Å²) in [6.07, 6.45) is 5.81. The van der Waals surface area contributed by atoms with Gasteiger partial charge in [0.15, 0.2) is 5.65 Å². The highest BCUT2D eigenvalue weighted by Gasteiger charge is 2.30. The number of hydrogen-bond acceptors (Lipinski definition) is 4. The molecule has 0 bridgehead atoms. The van der Waals surface area contributed by atoms with Crippen LogP contribution in [-0.2, 0) is 0 Å². The van der Waals surface area contributed by atoms with Crippen molar-refractivity contribution >= 4 is 11.6 Å². The number of fused-ring (bicyclic) bond motifs is 1. The Bertz CT molecular complexity index is 483. The minimum Gasteiger partial charge on any atom is -0.388 e. The molecule has 0 aromatic carbocycles. The van der Waals surface area contributed by atoms with Gasteiger partial charge < -0.3 is 10.4 Å². The number of anilines is 1. The van der Waals surface area contributed by atoms with E-state index >= 15 is 0 Å². The number of nitrogens with one attached hydrogen (secondary N) is 1. The van der Waals surface area contributed by atoms with Crippen LogP contribution in [0.15, 0.2) is 24.4 Å². The lowest BCUT2D eigenvalue weighted by Crippen LogP contribution is -2.33. The third kappa shape index (κ3) is 2.10. The van der Waals surface area contributed by atoms with E-state index in [1.165, 1.54) is 0 Å². The molecule has 5 heteroatoms. The Morgan fingerprint density at radius 3 is 2.94 bits per heavy atom. The van der Waals surface area contributed by atoms with Crippen LogP contribution in [0, 0.1) is 0 Å². The average molecular weight is 232 g/mol. The number of nitrogens with zero attached hydrogens (tertiary/aromatic N) is 3. The summed E-state index contributed by atoms with van der Waals surface area (Å²) >= 11 is 0. The van der Waals surface area contributed by atoms with Crippen LogP contribution in [0.25, 0.3) is 5.65 Å². The van der Waals surface area contributed by atoms with E-state index < -0.39 is 5.60 Å². The molecule has 90 valence electrons. The predicted octanol–water partition coefficient (Wildman–Crippen LogP) is 1.45. The summed E-state index contributed by atoms with van der Waals surface area (Å²) in [5.74, 6) is 0.580. The molecule has 1 aliphatic rings.